The Morgan fingerprint density at radius 2 is 1.89 bits per heavy atom. The summed E-state index contributed by atoms with van der Waals surface area (Å²) in [5.74, 6) is -0.495. The number of hydrogen-bond acceptors (Lipinski definition) is 5. The van der Waals surface area contributed by atoms with Gasteiger partial charge in [-0.25, -0.2) is 13.1 Å². The van der Waals surface area contributed by atoms with Gasteiger partial charge in [0.2, 0.25) is 10.0 Å². The molecule has 18 heavy (non-hydrogen) atoms. The van der Waals surface area contributed by atoms with Gasteiger partial charge in [0, 0.05) is 18.5 Å². The summed E-state index contributed by atoms with van der Waals surface area (Å²) in [6.07, 6.45) is 1.62. The molecule has 0 aromatic rings. The molecule has 108 valence electrons. The molecule has 0 bridgehead atoms. The molecular weight excluding hydrogens is 256 g/mol. The molecule has 7 heteroatoms. The van der Waals surface area contributed by atoms with Crippen LogP contribution in [-0.4, -0.2) is 39.3 Å². The van der Waals surface area contributed by atoms with Crippen molar-refractivity contribution in [2.45, 2.75) is 45.1 Å². The van der Waals surface area contributed by atoms with Crippen molar-refractivity contribution in [1.82, 2.24) is 4.72 Å². The van der Waals surface area contributed by atoms with E-state index in [0.29, 0.717) is 12.8 Å². The largest absolute Gasteiger partial charge is 0.469 e. The van der Waals surface area contributed by atoms with Crippen LogP contribution in [0.25, 0.3) is 0 Å². The maximum Gasteiger partial charge on any atom is 0.305 e. The zero-order valence-corrected chi connectivity index (χ0v) is 12.2. The summed E-state index contributed by atoms with van der Waals surface area (Å²) in [6.45, 7) is 4.05. The van der Waals surface area contributed by atoms with Crippen molar-refractivity contribution in [3.8, 4) is 0 Å². The summed E-state index contributed by atoms with van der Waals surface area (Å²) in [7, 11) is -2.14. The lowest BCUT2D eigenvalue weighted by Gasteiger charge is -2.30. The van der Waals surface area contributed by atoms with E-state index in [1.54, 1.807) is 0 Å². The molecule has 0 atom stereocenters. The summed E-state index contributed by atoms with van der Waals surface area (Å²) in [5.41, 5.74) is 5.05. The second-order valence-corrected chi connectivity index (χ2v) is 6.13. The maximum absolute atomic E-state index is 11.9. The fraction of sp³-hybridized carbons (Fsp3) is 0.909. The zero-order valence-electron chi connectivity index (χ0n) is 11.4. The van der Waals surface area contributed by atoms with Crippen LogP contribution < -0.4 is 10.5 Å². The second kappa shape index (κ2) is 7.70. The summed E-state index contributed by atoms with van der Waals surface area (Å²) < 4.78 is 30.8. The molecule has 0 aromatic carbocycles. The molecular formula is C11H24N2O4S. The number of esters is 1. The van der Waals surface area contributed by atoms with Gasteiger partial charge in [-0.15, -0.1) is 0 Å². The van der Waals surface area contributed by atoms with E-state index in [2.05, 4.69) is 9.46 Å². The lowest BCUT2D eigenvalue weighted by Crippen LogP contribution is -2.53. The SMILES string of the molecule is CCC(CC)(CN)NS(=O)(=O)CCCC(=O)OC. The Balaban J connectivity index is 4.42. The van der Waals surface area contributed by atoms with Gasteiger partial charge >= 0.3 is 5.97 Å². The molecule has 0 aromatic heterocycles. The standard InChI is InChI=1S/C11H24N2O4S/c1-4-11(5-2,9-12)13-18(15,16)8-6-7-10(14)17-3/h13H,4-9,12H2,1-3H3. The first-order valence-electron chi connectivity index (χ1n) is 6.13. The average molecular weight is 280 g/mol. The van der Waals surface area contributed by atoms with Gasteiger partial charge in [-0.05, 0) is 19.3 Å². The molecule has 0 spiro atoms. The first-order chi connectivity index (χ1) is 8.34. The van der Waals surface area contributed by atoms with E-state index in [1.807, 2.05) is 13.8 Å². The van der Waals surface area contributed by atoms with Gasteiger partial charge in [-0.2, -0.15) is 0 Å². The number of methoxy groups -OCH3 is 1. The topological polar surface area (TPSA) is 98.5 Å². The molecule has 6 nitrogen and oxygen atoms in total. The Hall–Kier alpha value is -0.660. The molecule has 0 aliphatic heterocycles. The predicted molar refractivity (Wildman–Crippen MR) is 70.5 cm³/mol. The van der Waals surface area contributed by atoms with E-state index >= 15 is 0 Å². The Morgan fingerprint density at radius 1 is 1.33 bits per heavy atom. The van der Waals surface area contributed by atoms with Crippen molar-refractivity contribution >= 4 is 16.0 Å². The number of ether oxygens (including phenoxy) is 1. The van der Waals surface area contributed by atoms with Crippen molar-refractivity contribution in [3.63, 3.8) is 0 Å². The normalized spacial score (nSPS) is 12.4. The van der Waals surface area contributed by atoms with Crippen molar-refractivity contribution < 1.29 is 17.9 Å². The molecule has 0 heterocycles. The van der Waals surface area contributed by atoms with Gasteiger partial charge in [0.25, 0.3) is 0 Å². The summed E-state index contributed by atoms with van der Waals surface area (Å²) in [6, 6.07) is 0. The molecule has 0 unspecified atom stereocenters. The molecule has 0 amide bonds. The molecule has 0 saturated carbocycles. The first kappa shape index (κ1) is 17.3. The lowest BCUT2D eigenvalue weighted by molar-refractivity contribution is -0.140. The molecule has 0 radical (unpaired) electrons. The Labute approximate surface area is 109 Å². The fourth-order valence-corrected chi connectivity index (χ4v) is 3.27. The molecule has 0 aliphatic rings. The summed E-state index contributed by atoms with van der Waals surface area (Å²) >= 11 is 0. The van der Waals surface area contributed by atoms with Crippen molar-refractivity contribution in [1.29, 1.82) is 0 Å². The first-order valence-corrected chi connectivity index (χ1v) is 7.78. The van der Waals surface area contributed by atoms with Gasteiger partial charge in [0.1, 0.15) is 0 Å². The third kappa shape index (κ3) is 5.79. The van der Waals surface area contributed by atoms with E-state index in [4.69, 9.17) is 5.73 Å². The van der Waals surface area contributed by atoms with Crippen molar-refractivity contribution in [2.24, 2.45) is 5.73 Å². The molecule has 0 fully saturated rings. The minimum absolute atomic E-state index is 0.0934. The number of nitrogens with two attached hydrogens (primary N) is 1. The number of sulfonamides is 1. The Bertz CT molecular complexity index is 342. The van der Waals surface area contributed by atoms with Gasteiger partial charge in [0.05, 0.1) is 12.9 Å². The average Bonchev–Trinajstić information content (AvgIpc) is 2.35. The smallest absolute Gasteiger partial charge is 0.305 e. The highest BCUT2D eigenvalue weighted by Crippen LogP contribution is 2.15. The summed E-state index contributed by atoms with van der Waals surface area (Å²) in [4.78, 5) is 10.9. The minimum atomic E-state index is -3.42. The molecule has 0 aliphatic carbocycles. The monoisotopic (exact) mass is 280 g/mol. The second-order valence-electron chi connectivity index (χ2n) is 4.29. The van der Waals surface area contributed by atoms with Crippen LogP contribution in [0.1, 0.15) is 39.5 Å². The van der Waals surface area contributed by atoms with E-state index in [1.165, 1.54) is 7.11 Å². The highest BCUT2D eigenvalue weighted by atomic mass is 32.2. The predicted octanol–water partition coefficient (Wildman–Crippen LogP) is 0.377. The molecule has 3 N–H and O–H groups in total. The zero-order chi connectivity index (χ0) is 14.2. The lowest BCUT2D eigenvalue weighted by atomic mass is 9.95. The van der Waals surface area contributed by atoms with Gasteiger partial charge in [-0.1, -0.05) is 13.8 Å². The number of rotatable bonds is 9. The van der Waals surface area contributed by atoms with Crippen molar-refractivity contribution in [2.75, 3.05) is 19.4 Å². The maximum atomic E-state index is 11.9. The highest BCUT2D eigenvalue weighted by molar-refractivity contribution is 7.89. The van der Waals surface area contributed by atoms with Crippen LogP contribution in [0.2, 0.25) is 0 Å². The van der Waals surface area contributed by atoms with E-state index < -0.39 is 21.5 Å². The number of hydrogen-bond donors (Lipinski definition) is 2. The third-order valence-electron chi connectivity index (χ3n) is 3.14. The van der Waals surface area contributed by atoms with Gasteiger partial charge in [-0.3, -0.25) is 4.79 Å². The van der Waals surface area contributed by atoms with E-state index in [9.17, 15) is 13.2 Å². The van der Waals surface area contributed by atoms with Crippen LogP contribution in [0.3, 0.4) is 0 Å². The number of nitrogens with one attached hydrogen (secondary N) is 1. The van der Waals surface area contributed by atoms with Gasteiger partial charge < -0.3 is 10.5 Å². The minimum Gasteiger partial charge on any atom is -0.469 e. The van der Waals surface area contributed by atoms with E-state index in [0.717, 1.165) is 0 Å². The van der Waals surface area contributed by atoms with Crippen LogP contribution in [0.15, 0.2) is 0 Å². The van der Waals surface area contributed by atoms with E-state index in [-0.39, 0.29) is 25.1 Å². The number of carbonyl (C=O) groups excluding carboxylic acids is 1. The van der Waals surface area contributed by atoms with Gasteiger partial charge in [0.15, 0.2) is 0 Å². The Morgan fingerprint density at radius 3 is 2.28 bits per heavy atom. The number of carbonyl (C=O) groups is 1. The fourth-order valence-electron chi connectivity index (χ4n) is 1.61. The quantitative estimate of drug-likeness (QED) is 0.595. The molecule has 0 saturated heterocycles. The van der Waals surface area contributed by atoms with Crippen LogP contribution in [0, 0.1) is 0 Å². The summed E-state index contributed by atoms with van der Waals surface area (Å²) in [5, 5.41) is 0. The Kier molecular flexibility index (Phi) is 7.42. The van der Waals surface area contributed by atoms with Crippen LogP contribution in [0.4, 0.5) is 0 Å². The van der Waals surface area contributed by atoms with Crippen LogP contribution >= 0.6 is 0 Å². The van der Waals surface area contributed by atoms with Crippen LogP contribution in [-0.2, 0) is 19.6 Å². The van der Waals surface area contributed by atoms with Crippen molar-refractivity contribution in [3.05, 3.63) is 0 Å². The highest BCUT2D eigenvalue weighted by Gasteiger charge is 2.29. The third-order valence-corrected chi connectivity index (χ3v) is 4.71. The van der Waals surface area contributed by atoms with Crippen LogP contribution in [0.5, 0.6) is 0 Å². The molecule has 0 rings (SSSR count).